The summed E-state index contributed by atoms with van der Waals surface area (Å²) in [5.74, 6) is 1.73. The highest BCUT2D eigenvalue weighted by Gasteiger charge is 2.33. The van der Waals surface area contributed by atoms with Crippen LogP contribution in [0.1, 0.15) is 67.7 Å². The minimum atomic E-state index is -0.613. The van der Waals surface area contributed by atoms with E-state index in [2.05, 4.69) is 51.1 Å². The predicted molar refractivity (Wildman–Crippen MR) is 144 cm³/mol. The van der Waals surface area contributed by atoms with E-state index in [4.69, 9.17) is 9.15 Å². The Kier molecular flexibility index (Phi) is 8.37. The highest BCUT2D eigenvalue weighted by Crippen LogP contribution is 2.38. The van der Waals surface area contributed by atoms with Crippen molar-refractivity contribution in [3.05, 3.63) is 88.9 Å². The van der Waals surface area contributed by atoms with Crippen molar-refractivity contribution in [2.75, 3.05) is 13.6 Å². The summed E-state index contributed by atoms with van der Waals surface area (Å²) in [5.41, 5.74) is 4.54. The molecule has 3 aromatic rings. The van der Waals surface area contributed by atoms with E-state index in [1.807, 2.05) is 36.1 Å². The first kappa shape index (κ1) is 26.5. The second-order valence-corrected chi connectivity index (χ2v) is 10.4. The summed E-state index contributed by atoms with van der Waals surface area (Å²) in [4.78, 5) is 30.1. The lowest BCUT2D eigenvalue weighted by Gasteiger charge is -2.38. The van der Waals surface area contributed by atoms with Crippen molar-refractivity contribution in [3.8, 4) is 5.75 Å². The van der Waals surface area contributed by atoms with E-state index in [-0.39, 0.29) is 23.8 Å². The highest BCUT2D eigenvalue weighted by atomic mass is 16.5. The van der Waals surface area contributed by atoms with Crippen LogP contribution in [0.25, 0.3) is 0 Å². The quantitative estimate of drug-likeness (QED) is 0.364. The fourth-order valence-corrected chi connectivity index (χ4v) is 4.94. The van der Waals surface area contributed by atoms with Gasteiger partial charge in [0.2, 0.25) is 5.91 Å². The number of furan rings is 1. The average molecular weight is 503 g/mol. The van der Waals surface area contributed by atoms with E-state index in [0.29, 0.717) is 31.7 Å². The number of ether oxygens (including phenoxy) is 1. The van der Waals surface area contributed by atoms with Crippen LogP contribution in [0.4, 0.5) is 0 Å². The van der Waals surface area contributed by atoms with Crippen LogP contribution in [0, 0.1) is 12.8 Å². The fourth-order valence-electron chi connectivity index (χ4n) is 4.94. The molecule has 0 radical (unpaired) electrons. The lowest BCUT2D eigenvalue weighted by atomic mass is 9.87. The van der Waals surface area contributed by atoms with Crippen LogP contribution in [0.5, 0.6) is 5.75 Å². The van der Waals surface area contributed by atoms with Crippen molar-refractivity contribution in [1.82, 2.24) is 9.80 Å². The van der Waals surface area contributed by atoms with Crippen LogP contribution in [0.15, 0.2) is 65.3 Å². The minimum absolute atomic E-state index is 0.0968. The van der Waals surface area contributed by atoms with Gasteiger partial charge in [0.05, 0.1) is 18.8 Å². The third-order valence-corrected chi connectivity index (χ3v) is 6.92. The molecule has 1 aromatic heterocycles. The number of benzene rings is 2. The maximum Gasteiger partial charge on any atom is 0.263 e. The SMILES string of the molecule is CC[C@H](Oc1ccc2c(c1)[C@@H](c1ccc(C)cc1)N(C(=O)CC(C)C)CC2)C(=O)N(C)Cc1ccco1. The smallest absolute Gasteiger partial charge is 0.263 e. The molecule has 0 N–H and O–H groups in total. The van der Waals surface area contributed by atoms with Crippen LogP contribution in [-0.2, 0) is 22.6 Å². The zero-order valence-electron chi connectivity index (χ0n) is 22.6. The van der Waals surface area contributed by atoms with Crippen LogP contribution < -0.4 is 4.74 Å². The van der Waals surface area contributed by atoms with E-state index in [0.717, 1.165) is 23.3 Å². The maximum absolute atomic E-state index is 13.3. The molecule has 2 aromatic carbocycles. The van der Waals surface area contributed by atoms with Gasteiger partial charge in [-0.25, -0.2) is 0 Å². The summed E-state index contributed by atoms with van der Waals surface area (Å²) >= 11 is 0. The van der Waals surface area contributed by atoms with Crippen molar-refractivity contribution >= 4 is 11.8 Å². The predicted octanol–water partition coefficient (Wildman–Crippen LogP) is 5.92. The Bertz CT molecular complexity index is 1200. The van der Waals surface area contributed by atoms with E-state index < -0.39 is 6.10 Å². The topological polar surface area (TPSA) is 63.0 Å². The number of likely N-dealkylation sites (N-methyl/N-ethyl adjacent to an activating group) is 1. The second-order valence-electron chi connectivity index (χ2n) is 10.4. The zero-order chi connectivity index (χ0) is 26.5. The summed E-state index contributed by atoms with van der Waals surface area (Å²) in [5, 5.41) is 0. The van der Waals surface area contributed by atoms with Crippen molar-refractivity contribution < 1.29 is 18.7 Å². The first-order valence-corrected chi connectivity index (χ1v) is 13.2. The number of carbonyl (C=O) groups excluding carboxylic acids is 2. The molecular weight excluding hydrogens is 464 g/mol. The Balaban J connectivity index is 1.62. The molecular formula is C31H38N2O4. The first-order chi connectivity index (χ1) is 17.8. The molecule has 6 heteroatoms. The van der Waals surface area contributed by atoms with E-state index >= 15 is 0 Å². The van der Waals surface area contributed by atoms with Gasteiger partial charge in [0, 0.05) is 20.0 Å². The minimum Gasteiger partial charge on any atom is -0.481 e. The van der Waals surface area contributed by atoms with E-state index in [9.17, 15) is 9.59 Å². The number of nitrogens with zero attached hydrogens (tertiary/aromatic N) is 2. The number of rotatable bonds is 9. The third kappa shape index (κ3) is 6.24. The summed E-state index contributed by atoms with van der Waals surface area (Å²) in [6.07, 6.45) is 2.84. The summed E-state index contributed by atoms with van der Waals surface area (Å²) in [6.45, 7) is 9.24. The molecule has 2 amide bonds. The standard InChI is InChI=1S/C31H38N2O4/c1-6-28(31(35)32(5)20-26-8-7-17-36-26)37-25-14-13-23-15-16-33(29(34)18-21(2)3)30(27(23)19-25)24-11-9-22(4)10-12-24/h7-14,17,19,21,28,30H,6,15-16,18,20H2,1-5H3/t28-,30+/m0/s1. The van der Waals surface area contributed by atoms with Gasteiger partial charge in [0.1, 0.15) is 11.5 Å². The molecule has 0 fully saturated rings. The van der Waals surface area contributed by atoms with Crippen molar-refractivity contribution in [2.24, 2.45) is 5.92 Å². The fraction of sp³-hybridized carbons (Fsp3) is 0.419. The van der Waals surface area contributed by atoms with Gasteiger partial charge >= 0.3 is 0 Å². The van der Waals surface area contributed by atoms with Crippen LogP contribution >= 0.6 is 0 Å². The molecule has 0 saturated heterocycles. The Hall–Kier alpha value is -3.54. The summed E-state index contributed by atoms with van der Waals surface area (Å²) in [7, 11) is 1.76. The largest absolute Gasteiger partial charge is 0.481 e. The molecule has 2 heterocycles. The molecule has 0 aliphatic carbocycles. The average Bonchev–Trinajstić information content (AvgIpc) is 3.39. The Morgan fingerprint density at radius 2 is 1.89 bits per heavy atom. The van der Waals surface area contributed by atoms with Gasteiger partial charge in [0.25, 0.3) is 5.91 Å². The molecule has 1 aliphatic heterocycles. The Morgan fingerprint density at radius 3 is 2.54 bits per heavy atom. The third-order valence-electron chi connectivity index (χ3n) is 6.92. The van der Waals surface area contributed by atoms with E-state index in [1.54, 1.807) is 18.2 Å². The molecule has 6 nitrogen and oxygen atoms in total. The Morgan fingerprint density at radius 1 is 1.14 bits per heavy atom. The van der Waals surface area contributed by atoms with Gasteiger partial charge in [0.15, 0.2) is 6.10 Å². The van der Waals surface area contributed by atoms with Crippen molar-refractivity contribution in [1.29, 1.82) is 0 Å². The second kappa shape index (κ2) is 11.7. The molecule has 0 unspecified atom stereocenters. The summed E-state index contributed by atoms with van der Waals surface area (Å²) in [6, 6.07) is 17.9. The van der Waals surface area contributed by atoms with Gasteiger partial charge in [-0.1, -0.05) is 56.7 Å². The lowest BCUT2D eigenvalue weighted by Crippen LogP contribution is -2.41. The number of hydrogen-bond donors (Lipinski definition) is 0. The number of amides is 2. The molecule has 0 saturated carbocycles. The first-order valence-electron chi connectivity index (χ1n) is 13.2. The van der Waals surface area contributed by atoms with Gasteiger partial charge in [-0.3, -0.25) is 9.59 Å². The monoisotopic (exact) mass is 502 g/mol. The zero-order valence-corrected chi connectivity index (χ0v) is 22.6. The van der Waals surface area contributed by atoms with Gasteiger partial charge in [-0.2, -0.15) is 0 Å². The molecule has 1 aliphatic rings. The van der Waals surface area contributed by atoms with E-state index in [1.165, 1.54) is 11.1 Å². The number of fused-ring (bicyclic) bond motifs is 1. The van der Waals surface area contributed by atoms with Gasteiger partial charge < -0.3 is 19.0 Å². The molecule has 0 bridgehead atoms. The van der Waals surface area contributed by atoms with Crippen molar-refractivity contribution in [2.45, 2.75) is 65.6 Å². The van der Waals surface area contributed by atoms with Gasteiger partial charge in [-0.05, 0) is 66.6 Å². The molecule has 0 spiro atoms. The number of carbonyl (C=O) groups is 2. The van der Waals surface area contributed by atoms with Crippen molar-refractivity contribution in [3.63, 3.8) is 0 Å². The summed E-state index contributed by atoms with van der Waals surface area (Å²) < 4.78 is 11.7. The number of hydrogen-bond acceptors (Lipinski definition) is 4. The Labute approximate surface area is 220 Å². The molecule has 4 rings (SSSR count). The van der Waals surface area contributed by atoms with Crippen LogP contribution in [0.2, 0.25) is 0 Å². The van der Waals surface area contributed by atoms with Crippen LogP contribution in [-0.4, -0.2) is 41.3 Å². The molecule has 196 valence electrons. The lowest BCUT2D eigenvalue weighted by molar-refractivity contribution is -0.138. The molecule has 2 atom stereocenters. The normalized spacial score (nSPS) is 15.8. The van der Waals surface area contributed by atoms with Crippen LogP contribution in [0.3, 0.4) is 0 Å². The highest BCUT2D eigenvalue weighted by molar-refractivity contribution is 5.81. The van der Waals surface area contributed by atoms with Gasteiger partial charge in [-0.15, -0.1) is 0 Å². The maximum atomic E-state index is 13.3. The number of aryl methyl sites for hydroxylation is 1. The molecule has 37 heavy (non-hydrogen) atoms.